The number of aromatic nitrogens is 1. The largest absolute Gasteiger partial charge is 0.497 e. The summed E-state index contributed by atoms with van der Waals surface area (Å²) in [6, 6.07) is 7.33. The number of hydrogen-bond donors (Lipinski definition) is 2. The van der Waals surface area contributed by atoms with E-state index < -0.39 is 0 Å². The van der Waals surface area contributed by atoms with Gasteiger partial charge in [0, 0.05) is 49.1 Å². The number of fused-ring (bicyclic) bond motifs is 1. The van der Waals surface area contributed by atoms with Crippen molar-refractivity contribution in [2.24, 2.45) is 0 Å². The molecule has 140 valence electrons. The van der Waals surface area contributed by atoms with E-state index in [0.29, 0.717) is 24.9 Å². The van der Waals surface area contributed by atoms with Crippen molar-refractivity contribution in [3.05, 3.63) is 40.2 Å². The zero-order chi connectivity index (χ0) is 18.4. The van der Waals surface area contributed by atoms with Crippen LogP contribution in [-0.2, 0) is 16.0 Å². The predicted octanol–water partition coefficient (Wildman–Crippen LogP) is 0.918. The van der Waals surface area contributed by atoms with E-state index in [1.54, 1.807) is 13.2 Å². The lowest BCUT2D eigenvalue weighted by Crippen LogP contribution is -2.41. The molecule has 2 aromatic rings. The Morgan fingerprint density at radius 3 is 2.88 bits per heavy atom. The first-order valence-electron chi connectivity index (χ1n) is 8.92. The second-order valence-corrected chi connectivity index (χ2v) is 6.38. The minimum atomic E-state index is -0.149. The second kappa shape index (κ2) is 8.82. The summed E-state index contributed by atoms with van der Waals surface area (Å²) in [6.45, 7) is 4.76. The van der Waals surface area contributed by atoms with Crippen LogP contribution in [0.15, 0.2) is 29.1 Å². The molecule has 7 nitrogen and oxygen atoms in total. The molecule has 1 aromatic heterocycles. The molecule has 1 aliphatic rings. The lowest BCUT2D eigenvalue weighted by atomic mass is 10.1. The van der Waals surface area contributed by atoms with Gasteiger partial charge in [0.2, 0.25) is 5.91 Å². The number of aromatic amines is 1. The van der Waals surface area contributed by atoms with Crippen molar-refractivity contribution in [2.45, 2.75) is 12.8 Å². The maximum Gasteiger partial charge on any atom is 0.251 e. The van der Waals surface area contributed by atoms with Crippen LogP contribution in [0, 0.1) is 0 Å². The molecular weight excluding hydrogens is 334 g/mol. The molecular formula is C19H25N3O4. The number of carbonyl (C=O) groups is 1. The van der Waals surface area contributed by atoms with Crippen molar-refractivity contribution >= 4 is 16.8 Å². The molecule has 7 heteroatoms. The molecule has 0 spiro atoms. The number of amides is 1. The summed E-state index contributed by atoms with van der Waals surface area (Å²) in [6.07, 6.45) is 0.702. The molecule has 1 aromatic carbocycles. The summed E-state index contributed by atoms with van der Waals surface area (Å²) in [5, 5.41) is 3.82. The number of rotatable bonds is 7. The standard InChI is InChI=1S/C19H25N3O4/c1-25-16-3-4-17-15(13-16)12-14(19(24)21-17)2-5-18(23)20-6-7-22-8-10-26-11-9-22/h3-4,12-13H,2,5-11H2,1H3,(H,20,23)(H,21,24). The van der Waals surface area contributed by atoms with E-state index in [1.165, 1.54) is 0 Å². The molecule has 1 aliphatic heterocycles. The fourth-order valence-corrected chi connectivity index (χ4v) is 3.06. The monoisotopic (exact) mass is 359 g/mol. The van der Waals surface area contributed by atoms with Crippen LogP contribution in [0.1, 0.15) is 12.0 Å². The van der Waals surface area contributed by atoms with Gasteiger partial charge in [0.05, 0.1) is 20.3 Å². The molecule has 0 bridgehead atoms. The first-order valence-corrected chi connectivity index (χ1v) is 8.92. The molecule has 0 saturated carbocycles. The van der Waals surface area contributed by atoms with Crippen molar-refractivity contribution in [3.63, 3.8) is 0 Å². The number of aryl methyl sites for hydroxylation is 1. The maximum atomic E-state index is 12.2. The van der Waals surface area contributed by atoms with Gasteiger partial charge in [-0.15, -0.1) is 0 Å². The van der Waals surface area contributed by atoms with Crippen molar-refractivity contribution in [1.82, 2.24) is 15.2 Å². The highest BCUT2D eigenvalue weighted by atomic mass is 16.5. The summed E-state index contributed by atoms with van der Waals surface area (Å²) >= 11 is 0. The minimum absolute atomic E-state index is 0.0385. The Kier molecular flexibility index (Phi) is 6.25. The number of carbonyl (C=O) groups excluding carboxylic acids is 1. The summed E-state index contributed by atoms with van der Waals surface area (Å²) < 4.78 is 10.5. The van der Waals surface area contributed by atoms with Crippen LogP contribution in [0.2, 0.25) is 0 Å². The summed E-state index contributed by atoms with van der Waals surface area (Å²) in [7, 11) is 1.61. The Morgan fingerprint density at radius 2 is 2.12 bits per heavy atom. The van der Waals surface area contributed by atoms with E-state index in [0.717, 1.165) is 49.5 Å². The number of pyridine rings is 1. The first-order chi connectivity index (χ1) is 12.7. The van der Waals surface area contributed by atoms with Gasteiger partial charge < -0.3 is 19.8 Å². The van der Waals surface area contributed by atoms with Gasteiger partial charge in [-0.05, 0) is 30.7 Å². The predicted molar refractivity (Wildman–Crippen MR) is 99.7 cm³/mol. The highest BCUT2D eigenvalue weighted by Crippen LogP contribution is 2.19. The van der Waals surface area contributed by atoms with Gasteiger partial charge >= 0.3 is 0 Å². The number of nitrogens with one attached hydrogen (secondary N) is 2. The minimum Gasteiger partial charge on any atom is -0.497 e. The van der Waals surface area contributed by atoms with Gasteiger partial charge in [0.15, 0.2) is 0 Å². The Balaban J connectivity index is 1.52. The van der Waals surface area contributed by atoms with Crippen LogP contribution in [-0.4, -0.2) is 62.3 Å². The SMILES string of the molecule is COc1ccc2[nH]c(=O)c(CCC(=O)NCCN3CCOCC3)cc2c1. The second-order valence-electron chi connectivity index (χ2n) is 6.38. The Hall–Kier alpha value is -2.38. The molecule has 2 heterocycles. The van der Waals surface area contributed by atoms with Gasteiger partial charge in [-0.3, -0.25) is 14.5 Å². The summed E-state index contributed by atoms with van der Waals surface area (Å²) in [5.74, 6) is 0.694. The van der Waals surface area contributed by atoms with Crippen molar-refractivity contribution in [3.8, 4) is 5.75 Å². The number of morpholine rings is 1. The number of nitrogens with zero attached hydrogens (tertiary/aromatic N) is 1. The van der Waals surface area contributed by atoms with E-state index in [1.807, 2.05) is 18.2 Å². The lowest BCUT2D eigenvalue weighted by molar-refractivity contribution is -0.121. The van der Waals surface area contributed by atoms with Gasteiger partial charge in [-0.25, -0.2) is 0 Å². The smallest absolute Gasteiger partial charge is 0.251 e. The third-order valence-electron chi connectivity index (χ3n) is 4.60. The average Bonchev–Trinajstić information content (AvgIpc) is 2.67. The van der Waals surface area contributed by atoms with Gasteiger partial charge in [-0.1, -0.05) is 0 Å². The Labute approximate surface area is 152 Å². The average molecular weight is 359 g/mol. The van der Waals surface area contributed by atoms with Crippen molar-refractivity contribution in [2.75, 3.05) is 46.5 Å². The Morgan fingerprint density at radius 1 is 1.31 bits per heavy atom. The molecule has 3 rings (SSSR count). The highest BCUT2D eigenvalue weighted by molar-refractivity contribution is 5.81. The number of benzene rings is 1. The fraction of sp³-hybridized carbons (Fsp3) is 0.474. The van der Waals surface area contributed by atoms with Gasteiger partial charge in [0.1, 0.15) is 5.75 Å². The number of hydrogen-bond acceptors (Lipinski definition) is 5. The Bertz CT molecular complexity index is 812. The molecule has 1 fully saturated rings. The number of ether oxygens (including phenoxy) is 2. The molecule has 0 atom stereocenters. The highest BCUT2D eigenvalue weighted by Gasteiger charge is 2.11. The number of methoxy groups -OCH3 is 1. The van der Waals surface area contributed by atoms with E-state index in [2.05, 4.69) is 15.2 Å². The molecule has 0 unspecified atom stereocenters. The van der Waals surface area contributed by atoms with Gasteiger partial charge in [0.25, 0.3) is 5.56 Å². The third kappa shape index (κ3) is 4.83. The molecule has 2 N–H and O–H groups in total. The molecule has 26 heavy (non-hydrogen) atoms. The third-order valence-corrected chi connectivity index (χ3v) is 4.60. The van der Waals surface area contributed by atoms with E-state index in [9.17, 15) is 9.59 Å². The van der Waals surface area contributed by atoms with Crippen LogP contribution < -0.4 is 15.6 Å². The molecule has 0 radical (unpaired) electrons. The van der Waals surface area contributed by atoms with E-state index in [4.69, 9.17) is 9.47 Å². The van der Waals surface area contributed by atoms with Crippen LogP contribution in [0.25, 0.3) is 10.9 Å². The van der Waals surface area contributed by atoms with Crippen LogP contribution in [0.5, 0.6) is 5.75 Å². The van der Waals surface area contributed by atoms with Crippen LogP contribution in [0.4, 0.5) is 0 Å². The zero-order valence-corrected chi connectivity index (χ0v) is 15.0. The molecule has 1 amide bonds. The summed E-state index contributed by atoms with van der Waals surface area (Å²) in [5.41, 5.74) is 1.22. The normalized spacial score (nSPS) is 15.1. The number of H-pyrrole nitrogens is 1. The molecule has 1 saturated heterocycles. The zero-order valence-electron chi connectivity index (χ0n) is 15.0. The van der Waals surface area contributed by atoms with Gasteiger partial charge in [-0.2, -0.15) is 0 Å². The maximum absolute atomic E-state index is 12.2. The van der Waals surface area contributed by atoms with Crippen LogP contribution >= 0.6 is 0 Å². The van der Waals surface area contributed by atoms with E-state index >= 15 is 0 Å². The lowest BCUT2D eigenvalue weighted by Gasteiger charge is -2.26. The van der Waals surface area contributed by atoms with Crippen molar-refractivity contribution in [1.29, 1.82) is 0 Å². The summed E-state index contributed by atoms with van der Waals surface area (Å²) in [4.78, 5) is 29.4. The van der Waals surface area contributed by atoms with Crippen molar-refractivity contribution < 1.29 is 14.3 Å². The quantitative estimate of drug-likeness (QED) is 0.768. The fourth-order valence-electron chi connectivity index (χ4n) is 3.06. The molecule has 0 aliphatic carbocycles. The first kappa shape index (κ1) is 18.4. The topological polar surface area (TPSA) is 83.7 Å². The van der Waals surface area contributed by atoms with Crippen LogP contribution in [0.3, 0.4) is 0 Å². The van der Waals surface area contributed by atoms with E-state index in [-0.39, 0.29) is 11.5 Å².